The minimum Gasteiger partial charge on any atom is -0.490 e. The third kappa shape index (κ3) is 6.90. The first-order valence-electron chi connectivity index (χ1n) is 10.3. The van der Waals surface area contributed by atoms with Crippen molar-refractivity contribution in [3.63, 3.8) is 0 Å². The van der Waals surface area contributed by atoms with Crippen molar-refractivity contribution in [1.82, 2.24) is 5.43 Å². The lowest BCUT2D eigenvalue weighted by atomic mass is 10.2. The molecule has 0 aliphatic rings. The van der Waals surface area contributed by atoms with Gasteiger partial charge in [-0.15, -0.1) is 0 Å². The molecule has 0 radical (unpaired) electrons. The van der Waals surface area contributed by atoms with Crippen molar-refractivity contribution in [2.24, 2.45) is 5.10 Å². The molecule has 3 aromatic carbocycles. The van der Waals surface area contributed by atoms with Crippen molar-refractivity contribution in [1.29, 1.82) is 0 Å². The molecule has 7 nitrogen and oxygen atoms in total. The van der Waals surface area contributed by atoms with Gasteiger partial charge in [0.1, 0.15) is 12.4 Å². The Kier molecular flexibility index (Phi) is 8.13. The Morgan fingerprint density at radius 1 is 0.970 bits per heavy atom. The number of rotatable bonds is 8. The number of carbonyl (C=O) groups excluding carboxylic acids is 2. The topological polar surface area (TPSA) is 89.0 Å². The molecule has 2 amide bonds. The van der Waals surface area contributed by atoms with Crippen LogP contribution in [-0.4, -0.2) is 24.6 Å². The zero-order chi connectivity index (χ0) is 23.6. The van der Waals surface area contributed by atoms with Gasteiger partial charge >= 0.3 is 11.8 Å². The maximum absolute atomic E-state index is 13.6. The van der Waals surface area contributed by atoms with Crippen molar-refractivity contribution in [3.05, 3.63) is 89.2 Å². The molecule has 0 fully saturated rings. The van der Waals surface area contributed by atoms with Crippen LogP contribution in [0.4, 0.5) is 10.1 Å². The number of ether oxygens (including phenoxy) is 2. The van der Waals surface area contributed by atoms with Crippen molar-refractivity contribution in [2.45, 2.75) is 20.5 Å². The Hall–Kier alpha value is -4.20. The Balaban J connectivity index is 1.59. The van der Waals surface area contributed by atoms with Gasteiger partial charge in [-0.3, -0.25) is 9.59 Å². The van der Waals surface area contributed by atoms with E-state index >= 15 is 0 Å². The first-order valence-corrected chi connectivity index (χ1v) is 10.3. The first-order chi connectivity index (χ1) is 16.0. The van der Waals surface area contributed by atoms with Crippen LogP contribution in [0.5, 0.6) is 11.5 Å². The van der Waals surface area contributed by atoms with Crippen LogP contribution >= 0.6 is 0 Å². The van der Waals surface area contributed by atoms with Crippen molar-refractivity contribution in [3.8, 4) is 11.5 Å². The molecule has 0 aliphatic heterocycles. The minimum absolute atomic E-state index is 0.0933. The van der Waals surface area contributed by atoms with Gasteiger partial charge in [0.25, 0.3) is 0 Å². The van der Waals surface area contributed by atoms with Crippen LogP contribution in [0.25, 0.3) is 0 Å². The number of hydrogen-bond acceptors (Lipinski definition) is 5. The van der Waals surface area contributed by atoms with E-state index in [9.17, 15) is 14.0 Å². The number of benzene rings is 3. The van der Waals surface area contributed by atoms with E-state index in [0.717, 1.165) is 5.56 Å². The third-order valence-corrected chi connectivity index (χ3v) is 4.49. The van der Waals surface area contributed by atoms with Crippen LogP contribution in [-0.2, 0) is 16.2 Å². The Bertz CT molecular complexity index is 1150. The van der Waals surface area contributed by atoms with E-state index in [1.165, 1.54) is 30.0 Å². The number of nitrogens with zero attached hydrogens (tertiary/aromatic N) is 1. The summed E-state index contributed by atoms with van der Waals surface area (Å²) in [6.45, 7) is 4.71. The van der Waals surface area contributed by atoms with Gasteiger partial charge in [-0.1, -0.05) is 42.0 Å². The number of carbonyl (C=O) groups is 2. The number of hydrazone groups is 1. The van der Waals surface area contributed by atoms with E-state index in [4.69, 9.17) is 9.47 Å². The zero-order valence-electron chi connectivity index (χ0n) is 18.3. The summed E-state index contributed by atoms with van der Waals surface area (Å²) < 4.78 is 25.1. The fourth-order valence-corrected chi connectivity index (χ4v) is 2.80. The quantitative estimate of drug-likeness (QED) is 0.306. The van der Waals surface area contributed by atoms with Gasteiger partial charge in [0, 0.05) is 0 Å². The van der Waals surface area contributed by atoms with Crippen molar-refractivity contribution >= 4 is 23.7 Å². The number of halogens is 1. The molecule has 2 N–H and O–H groups in total. The fourth-order valence-electron chi connectivity index (χ4n) is 2.80. The maximum atomic E-state index is 13.6. The van der Waals surface area contributed by atoms with Gasteiger partial charge in [0.15, 0.2) is 11.5 Å². The SMILES string of the molecule is CCOc1cc(/C=N/NC(=O)C(=O)Nc2ccccc2F)ccc1OCc1ccc(C)cc1. The summed E-state index contributed by atoms with van der Waals surface area (Å²) in [4.78, 5) is 23.8. The van der Waals surface area contributed by atoms with E-state index < -0.39 is 17.6 Å². The average Bonchev–Trinajstić information content (AvgIpc) is 2.81. The molecule has 8 heteroatoms. The second-order valence-electron chi connectivity index (χ2n) is 7.05. The summed E-state index contributed by atoms with van der Waals surface area (Å²) in [6.07, 6.45) is 1.36. The highest BCUT2D eigenvalue weighted by Crippen LogP contribution is 2.29. The molecule has 170 valence electrons. The Morgan fingerprint density at radius 3 is 2.45 bits per heavy atom. The highest BCUT2D eigenvalue weighted by atomic mass is 19.1. The third-order valence-electron chi connectivity index (χ3n) is 4.49. The molecule has 0 atom stereocenters. The van der Waals surface area contributed by atoms with E-state index in [1.807, 2.05) is 38.1 Å². The van der Waals surface area contributed by atoms with Crippen LogP contribution in [0.1, 0.15) is 23.6 Å². The molecular weight excluding hydrogens is 425 g/mol. The number of para-hydroxylation sites is 1. The summed E-state index contributed by atoms with van der Waals surface area (Å²) in [6, 6.07) is 18.8. The highest BCUT2D eigenvalue weighted by molar-refractivity contribution is 6.39. The molecule has 3 aromatic rings. The van der Waals surface area contributed by atoms with Crippen LogP contribution in [0.3, 0.4) is 0 Å². The van der Waals surface area contributed by atoms with E-state index in [1.54, 1.807) is 24.3 Å². The largest absolute Gasteiger partial charge is 0.490 e. The van der Waals surface area contributed by atoms with Gasteiger partial charge in [-0.2, -0.15) is 5.10 Å². The second kappa shape index (κ2) is 11.4. The lowest BCUT2D eigenvalue weighted by molar-refractivity contribution is -0.136. The molecule has 0 heterocycles. The predicted octanol–water partition coefficient (Wildman–Crippen LogP) is 4.20. The van der Waals surface area contributed by atoms with Crippen LogP contribution < -0.4 is 20.2 Å². The van der Waals surface area contributed by atoms with Gasteiger partial charge in [-0.05, 0) is 55.3 Å². The molecule has 3 rings (SSSR count). The normalized spacial score (nSPS) is 10.6. The van der Waals surface area contributed by atoms with Gasteiger partial charge < -0.3 is 14.8 Å². The molecule has 0 saturated carbocycles. The number of hydrogen-bond donors (Lipinski definition) is 2. The van der Waals surface area contributed by atoms with Gasteiger partial charge in [-0.25, -0.2) is 9.82 Å². The lowest BCUT2D eigenvalue weighted by Gasteiger charge is -2.12. The van der Waals surface area contributed by atoms with Crippen molar-refractivity contribution in [2.75, 3.05) is 11.9 Å². The molecule has 33 heavy (non-hydrogen) atoms. The molecule has 0 unspecified atom stereocenters. The lowest BCUT2D eigenvalue weighted by Crippen LogP contribution is -2.32. The molecule has 0 aromatic heterocycles. The highest BCUT2D eigenvalue weighted by Gasteiger charge is 2.14. The fraction of sp³-hybridized carbons (Fsp3) is 0.160. The van der Waals surface area contributed by atoms with E-state index in [0.29, 0.717) is 30.3 Å². The number of amides is 2. The second-order valence-corrected chi connectivity index (χ2v) is 7.05. The molecular formula is C25H24FN3O4. The summed E-state index contributed by atoms with van der Waals surface area (Å²) in [7, 11) is 0. The minimum atomic E-state index is -1.04. The maximum Gasteiger partial charge on any atom is 0.329 e. The summed E-state index contributed by atoms with van der Waals surface area (Å²) >= 11 is 0. The van der Waals surface area contributed by atoms with Crippen LogP contribution in [0.15, 0.2) is 71.8 Å². The first kappa shape index (κ1) is 23.5. The number of aryl methyl sites for hydroxylation is 1. The number of nitrogens with one attached hydrogen (secondary N) is 2. The molecule has 0 aliphatic carbocycles. The summed E-state index contributed by atoms with van der Waals surface area (Å²) in [5, 5.41) is 5.97. The Labute approximate surface area is 191 Å². The summed E-state index contributed by atoms with van der Waals surface area (Å²) in [5.74, 6) is -1.61. The Morgan fingerprint density at radius 2 is 1.73 bits per heavy atom. The van der Waals surface area contributed by atoms with Crippen LogP contribution in [0, 0.1) is 12.7 Å². The molecule has 0 spiro atoms. The van der Waals surface area contributed by atoms with Gasteiger partial charge in [0.2, 0.25) is 0 Å². The van der Waals surface area contributed by atoms with E-state index in [2.05, 4.69) is 15.8 Å². The monoisotopic (exact) mass is 449 g/mol. The van der Waals surface area contributed by atoms with E-state index in [-0.39, 0.29) is 5.69 Å². The van der Waals surface area contributed by atoms with Gasteiger partial charge in [0.05, 0.1) is 18.5 Å². The van der Waals surface area contributed by atoms with Crippen molar-refractivity contribution < 1.29 is 23.5 Å². The van der Waals surface area contributed by atoms with Crippen LogP contribution in [0.2, 0.25) is 0 Å². The molecule has 0 bridgehead atoms. The standard InChI is InChI=1S/C25H24FN3O4/c1-3-32-23-14-19(12-13-22(23)33-16-18-10-8-17(2)9-11-18)15-27-29-25(31)24(30)28-21-7-5-4-6-20(21)26/h4-15H,3,16H2,1-2H3,(H,28,30)(H,29,31)/b27-15+. The zero-order valence-corrected chi connectivity index (χ0v) is 18.3. The summed E-state index contributed by atoms with van der Waals surface area (Å²) in [5.41, 5.74) is 4.85. The smallest absolute Gasteiger partial charge is 0.329 e. The molecule has 0 saturated heterocycles. The predicted molar refractivity (Wildman–Crippen MR) is 124 cm³/mol. The number of anilines is 1. The average molecular weight is 449 g/mol.